The van der Waals surface area contributed by atoms with Crippen molar-refractivity contribution in [1.29, 1.82) is 0 Å². The highest BCUT2D eigenvalue weighted by atomic mass is 16.3. The number of amides is 2. The van der Waals surface area contributed by atoms with Crippen LogP contribution in [0.25, 0.3) is 0 Å². The van der Waals surface area contributed by atoms with Gasteiger partial charge in [0, 0.05) is 0 Å². The summed E-state index contributed by atoms with van der Waals surface area (Å²) in [6.45, 7) is 1.41. The summed E-state index contributed by atoms with van der Waals surface area (Å²) in [5.41, 5.74) is 5.39. The molecule has 0 spiro atoms. The molecule has 0 radical (unpaired) electrons. The molecule has 4 N–H and O–H groups in total. The highest BCUT2D eigenvalue weighted by Gasteiger charge is 2.14. The second kappa shape index (κ2) is 4.56. The van der Waals surface area contributed by atoms with E-state index in [1.54, 1.807) is 12.1 Å². The van der Waals surface area contributed by atoms with E-state index in [1.165, 1.54) is 19.1 Å². The van der Waals surface area contributed by atoms with Gasteiger partial charge in [0.1, 0.15) is 6.23 Å². The van der Waals surface area contributed by atoms with Gasteiger partial charge in [-0.25, -0.2) is 0 Å². The number of aliphatic hydroxyl groups is 1. The normalized spacial score (nSPS) is 11.9. The van der Waals surface area contributed by atoms with Crippen LogP contribution in [0.4, 0.5) is 0 Å². The molecule has 0 aromatic heterocycles. The highest BCUT2D eigenvalue weighted by molar-refractivity contribution is 6.06. The average molecular weight is 208 g/mol. The lowest BCUT2D eigenvalue weighted by molar-refractivity contribution is 0.0812. The molecule has 5 heteroatoms. The van der Waals surface area contributed by atoms with Crippen molar-refractivity contribution in [3.8, 4) is 0 Å². The minimum Gasteiger partial charge on any atom is -0.374 e. The van der Waals surface area contributed by atoms with Crippen LogP contribution in [0.5, 0.6) is 0 Å². The van der Waals surface area contributed by atoms with Gasteiger partial charge >= 0.3 is 0 Å². The Morgan fingerprint density at radius 2 is 1.87 bits per heavy atom. The maximum atomic E-state index is 11.5. The van der Waals surface area contributed by atoms with Crippen molar-refractivity contribution in [1.82, 2.24) is 5.32 Å². The summed E-state index contributed by atoms with van der Waals surface area (Å²) in [4.78, 5) is 22.5. The van der Waals surface area contributed by atoms with Crippen LogP contribution in [-0.2, 0) is 0 Å². The molecule has 0 aliphatic rings. The fraction of sp³-hybridized carbons (Fsp3) is 0.200. The second-order valence-corrected chi connectivity index (χ2v) is 3.06. The quantitative estimate of drug-likeness (QED) is 0.603. The van der Waals surface area contributed by atoms with Gasteiger partial charge in [0.2, 0.25) is 5.91 Å². The molecule has 1 aromatic carbocycles. The number of nitrogens with two attached hydrogens (primary N) is 1. The predicted molar refractivity (Wildman–Crippen MR) is 54.1 cm³/mol. The molecule has 0 saturated heterocycles. The van der Waals surface area contributed by atoms with Gasteiger partial charge in [-0.15, -0.1) is 0 Å². The SMILES string of the molecule is CC(O)NC(=O)c1ccccc1C(N)=O. The lowest BCUT2D eigenvalue weighted by Crippen LogP contribution is -2.33. The summed E-state index contributed by atoms with van der Waals surface area (Å²) in [6.07, 6.45) is -0.974. The van der Waals surface area contributed by atoms with Gasteiger partial charge in [-0.2, -0.15) is 0 Å². The Bertz CT molecular complexity index is 388. The molecule has 0 aliphatic carbocycles. The van der Waals surface area contributed by atoms with E-state index >= 15 is 0 Å². The van der Waals surface area contributed by atoms with E-state index in [-0.39, 0.29) is 11.1 Å². The van der Waals surface area contributed by atoms with Crippen molar-refractivity contribution in [2.24, 2.45) is 5.73 Å². The Morgan fingerprint density at radius 3 is 2.33 bits per heavy atom. The summed E-state index contributed by atoms with van der Waals surface area (Å²) in [5.74, 6) is -1.20. The molecule has 0 bridgehead atoms. The number of hydrogen-bond acceptors (Lipinski definition) is 3. The van der Waals surface area contributed by atoms with E-state index in [4.69, 9.17) is 10.8 Å². The van der Waals surface area contributed by atoms with E-state index in [0.29, 0.717) is 0 Å². The van der Waals surface area contributed by atoms with Crippen LogP contribution in [0.15, 0.2) is 24.3 Å². The van der Waals surface area contributed by atoms with Crippen LogP contribution in [-0.4, -0.2) is 23.1 Å². The third-order valence-corrected chi connectivity index (χ3v) is 1.78. The smallest absolute Gasteiger partial charge is 0.254 e. The zero-order valence-corrected chi connectivity index (χ0v) is 8.23. The van der Waals surface area contributed by atoms with Crippen LogP contribution in [0, 0.1) is 0 Å². The Kier molecular flexibility index (Phi) is 3.41. The fourth-order valence-electron chi connectivity index (χ4n) is 1.16. The fourth-order valence-corrected chi connectivity index (χ4v) is 1.16. The minimum absolute atomic E-state index is 0.135. The van der Waals surface area contributed by atoms with Gasteiger partial charge in [0.15, 0.2) is 0 Å². The van der Waals surface area contributed by atoms with Crippen LogP contribution >= 0.6 is 0 Å². The van der Waals surface area contributed by atoms with Crippen molar-refractivity contribution in [3.05, 3.63) is 35.4 Å². The van der Waals surface area contributed by atoms with Gasteiger partial charge < -0.3 is 16.2 Å². The first-order valence-electron chi connectivity index (χ1n) is 4.40. The van der Waals surface area contributed by atoms with Gasteiger partial charge in [-0.1, -0.05) is 12.1 Å². The molecule has 15 heavy (non-hydrogen) atoms. The monoisotopic (exact) mass is 208 g/mol. The van der Waals surface area contributed by atoms with Gasteiger partial charge in [0.05, 0.1) is 11.1 Å². The van der Waals surface area contributed by atoms with Crippen molar-refractivity contribution < 1.29 is 14.7 Å². The number of carbonyl (C=O) groups excluding carboxylic acids is 2. The molecule has 1 aromatic rings. The lowest BCUT2D eigenvalue weighted by atomic mass is 10.1. The molecule has 2 amide bonds. The number of primary amides is 1. The van der Waals surface area contributed by atoms with Gasteiger partial charge in [0.25, 0.3) is 5.91 Å². The van der Waals surface area contributed by atoms with Crippen molar-refractivity contribution in [2.45, 2.75) is 13.2 Å². The molecular formula is C10H12N2O3. The van der Waals surface area contributed by atoms with Gasteiger partial charge in [-0.05, 0) is 19.1 Å². The first kappa shape index (κ1) is 11.2. The van der Waals surface area contributed by atoms with E-state index in [1.807, 2.05) is 0 Å². The standard InChI is InChI=1S/C10H12N2O3/c1-6(13)12-10(15)8-5-3-2-4-7(8)9(11)14/h2-6,13H,1H3,(H2,11,14)(H,12,15). The summed E-state index contributed by atoms with van der Waals surface area (Å²) in [7, 11) is 0. The molecule has 1 unspecified atom stereocenters. The zero-order valence-electron chi connectivity index (χ0n) is 8.23. The van der Waals surface area contributed by atoms with E-state index in [9.17, 15) is 9.59 Å². The molecule has 0 heterocycles. The van der Waals surface area contributed by atoms with Crippen molar-refractivity contribution in [3.63, 3.8) is 0 Å². The van der Waals surface area contributed by atoms with Crippen LogP contribution < -0.4 is 11.1 Å². The van der Waals surface area contributed by atoms with Crippen LogP contribution in [0.2, 0.25) is 0 Å². The zero-order chi connectivity index (χ0) is 11.4. The van der Waals surface area contributed by atoms with Crippen molar-refractivity contribution in [2.75, 3.05) is 0 Å². The minimum atomic E-state index is -0.974. The number of nitrogens with one attached hydrogen (secondary N) is 1. The molecule has 0 saturated carbocycles. The lowest BCUT2D eigenvalue weighted by Gasteiger charge is -2.09. The van der Waals surface area contributed by atoms with Crippen molar-refractivity contribution >= 4 is 11.8 Å². The van der Waals surface area contributed by atoms with E-state index in [2.05, 4.69) is 5.32 Å². The predicted octanol–water partition coefficient (Wildman–Crippen LogP) is -0.146. The largest absolute Gasteiger partial charge is 0.374 e. The Hall–Kier alpha value is -1.88. The molecule has 5 nitrogen and oxygen atoms in total. The first-order chi connectivity index (χ1) is 7.02. The highest BCUT2D eigenvalue weighted by Crippen LogP contribution is 2.07. The molecular weight excluding hydrogens is 196 g/mol. The summed E-state index contributed by atoms with van der Waals surface area (Å²) in [6, 6.07) is 6.15. The first-order valence-corrected chi connectivity index (χ1v) is 4.40. The number of hydrogen-bond donors (Lipinski definition) is 3. The molecule has 0 fully saturated rings. The number of carbonyl (C=O) groups is 2. The third kappa shape index (κ3) is 2.78. The van der Waals surface area contributed by atoms with E-state index in [0.717, 1.165) is 0 Å². The Balaban J connectivity index is 3.03. The molecule has 80 valence electrons. The summed E-state index contributed by atoms with van der Waals surface area (Å²) >= 11 is 0. The topological polar surface area (TPSA) is 92.4 Å². The third-order valence-electron chi connectivity index (χ3n) is 1.78. The maximum Gasteiger partial charge on any atom is 0.254 e. The average Bonchev–Trinajstić information content (AvgIpc) is 2.16. The molecule has 1 rings (SSSR count). The Morgan fingerprint density at radius 1 is 1.33 bits per heavy atom. The van der Waals surface area contributed by atoms with Crippen LogP contribution in [0.1, 0.15) is 27.6 Å². The summed E-state index contributed by atoms with van der Waals surface area (Å²) < 4.78 is 0. The number of aliphatic hydroxyl groups excluding tert-OH is 1. The Labute approximate surface area is 86.9 Å². The van der Waals surface area contributed by atoms with E-state index < -0.39 is 18.0 Å². The molecule has 0 aliphatic heterocycles. The summed E-state index contributed by atoms with van der Waals surface area (Å²) in [5, 5.41) is 11.2. The molecule has 1 atom stereocenters. The second-order valence-electron chi connectivity index (χ2n) is 3.06. The number of benzene rings is 1. The van der Waals surface area contributed by atoms with Gasteiger partial charge in [-0.3, -0.25) is 9.59 Å². The number of rotatable bonds is 3. The maximum absolute atomic E-state index is 11.5. The van der Waals surface area contributed by atoms with Crippen LogP contribution in [0.3, 0.4) is 0 Å².